The third-order valence-corrected chi connectivity index (χ3v) is 4.51. The molecule has 0 unspecified atom stereocenters. The van der Waals surface area contributed by atoms with Gasteiger partial charge in [0, 0.05) is 24.6 Å². The van der Waals surface area contributed by atoms with E-state index in [1.807, 2.05) is 12.1 Å². The van der Waals surface area contributed by atoms with Gasteiger partial charge in [-0.3, -0.25) is 4.79 Å². The fourth-order valence-electron chi connectivity index (χ4n) is 2.98. The van der Waals surface area contributed by atoms with Gasteiger partial charge in [0.1, 0.15) is 35.7 Å². The van der Waals surface area contributed by atoms with Crippen molar-refractivity contribution in [1.82, 2.24) is 15.0 Å². The van der Waals surface area contributed by atoms with Gasteiger partial charge < -0.3 is 24.1 Å². The molecular formula is C21H19N3O7. The zero-order valence-electron chi connectivity index (χ0n) is 16.4. The van der Waals surface area contributed by atoms with Crippen molar-refractivity contribution in [3.8, 4) is 22.9 Å². The van der Waals surface area contributed by atoms with E-state index in [-0.39, 0.29) is 32.2 Å². The molecule has 0 saturated carbocycles. The van der Waals surface area contributed by atoms with Crippen molar-refractivity contribution in [2.24, 2.45) is 0 Å². The Morgan fingerprint density at radius 3 is 2.65 bits per heavy atom. The molecule has 1 N–H and O–H groups in total. The average Bonchev–Trinajstić information content (AvgIpc) is 3.40. The number of aromatic hydroxyl groups is 1. The van der Waals surface area contributed by atoms with E-state index in [1.54, 1.807) is 12.1 Å². The van der Waals surface area contributed by atoms with E-state index in [2.05, 4.69) is 16.8 Å². The summed E-state index contributed by atoms with van der Waals surface area (Å²) in [5.41, 5.74) is 2.49. The van der Waals surface area contributed by atoms with Gasteiger partial charge in [0.05, 0.1) is 0 Å². The van der Waals surface area contributed by atoms with Crippen LogP contribution in [0.25, 0.3) is 16.7 Å². The summed E-state index contributed by atoms with van der Waals surface area (Å²) < 4.78 is 20.3. The SMILES string of the molecule is C=CC(=O)OCCOC(=O)CCc1ccc2nn(-c3cc4c(cc3O)OCO4)nc2c1. The van der Waals surface area contributed by atoms with E-state index < -0.39 is 11.9 Å². The van der Waals surface area contributed by atoms with Crippen molar-refractivity contribution >= 4 is 23.0 Å². The Balaban J connectivity index is 1.39. The molecule has 1 aliphatic heterocycles. The number of fused-ring (bicyclic) bond motifs is 2. The van der Waals surface area contributed by atoms with Crippen LogP contribution < -0.4 is 9.47 Å². The number of esters is 2. The lowest BCUT2D eigenvalue weighted by Gasteiger charge is -2.05. The number of hydrogen-bond donors (Lipinski definition) is 1. The molecule has 0 atom stereocenters. The van der Waals surface area contributed by atoms with Crippen LogP contribution in [0.15, 0.2) is 43.0 Å². The minimum atomic E-state index is -0.563. The lowest BCUT2D eigenvalue weighted by Crippen LogP contribution is -2.13. The summed E-state index contributed by atoms with van der Waals surface area (Å²) in [6.07, 6.45) is 1.66. The van der Waals surface area contributed by atoms with Gasteiger partial charge in [-0.05, 0) is 24.1 Å². The Bertz CT molecular complexity index is 1160. The molecule has 0 bridgehead atoms. The van der Waals surface area contributed by atoms with Crippen LogP contribution in [0.3, 0.4) is 0 Å². The first-order valence-electron chi connectivity index (χ1n) is 9.47. The summed E-state index contributed by atoms with van der Waals surface area (Å²) >= 11 is 0. The van der Waals surface area contributed by atoms with Crippen molar-refractivity contribution in [3.05, 3.63) is 48.6 Å². The van der Waals surface area contributed by atoms with E-state index in [9.17, 15) is 14.7 Å². The molecule has 0 aliphatic carbocycles. The number of aromatic nitrogens is 3. The van der Waals surface area contributed by atoms with Crippen LogP contribution in [-0.4, -0.2) is 52.0 Å². The molecule has 10 nitrogen and oxygen atoms in total. The quantitative estimate of drug-likeness (QED) is 0.328. The van der Waals surface area contributed by atoms with Crippen LogP contribution in [0.5, 0.6) is 17.2 Å². The first kappa shape index (κ1) is 20.2. The lowest BCUT2D eigenvalue weighted by atomic mass is 10.1. The molecule has 0 amide bonds. The summed E-state index contributed by atoms with van der Waals surface area (Å²) in [4.78, 5) is 24.1. The number of phenolic OH excluding ortho intramolecular Hbond substituents is 1. The number of benzene rings is 2. The highest BCUT2D eigenvalue weighted by atomic mass is 16.7. The average molecular weight is 425 g/mol. The maximum Gasteiger partial charge on any atom is 0.330 e. The van der Waals surface area contributed by atoms with Crippen molar-refractivity contribution in [1.29, 1.82) is 0 Å². The number of hydrogen-bond acceptors (Lipinski definition) is 9. The third kappa shape index (κ3) is 4.58. The molecule has 0 radical (unpaired) electrons. The fraction of sp³-hybridized carbons (Fsp3) is 0.238. The third-order valence-electron chi connectivity index (χ3n) is 4.51. The first-order valence-corrected chi connectivity index (χ1v) is 9.47. The van der Waals surface area contributed by atoms with Gasteiger partial charge in [0.15, 0.2) is 11.5 Å². The Morgan fingerprint density at radius 1 is 1.10 bits per heavy atom. The Morgan fingerprint density at radius 2 is 1.84 bits per heavy atom. The van der Waals surface area contributed by atoms with E-state index in [1.165, 1.54) is 10.9 Å². The van der Waals surface area contributed by atoms with Gasteiger partial charge in [0.2, 0.25) is 6.79 Å². The molecule has 160 valence electrons. The first-order chi connectivity index (χ1) is 15.0. The van der Waals surface area contributed by atoms with Gasteiger partial charge in [-0.2, -0.15) is 0 Å². The Labute approximate surface area is 176 Å². The highest BCUT2D eigenvalue weighted by Crippen LogP contribution is 2.39. The highest BCUT2D eigenvalue weighted by Gasteiger charge is 2.19. The molecule has 2 aromatic carbocycles. The van der Waals surface area contributed by atoms with Gasteiger partial charge >= 0.3 is 11.9 Å². The Kier molecular flexibility index (Phi) is 5.69. The van der Waals surface area contributed by atoms with Crippen LogP contribution in [0.1, 0.15) is 12.0 Å². The van der Waals surface area contributed by atoms with E-state index in [0.717, 1.165) is 11.6 Å². The van der Waals surface area contributed by atoms with Gasteiger partial charge in [-0.25, -0.2) is 4.79 Å². The maximum atomic E-state index is 11.8. The van der Waals surface area contributed by atoms with Crippen LogP contribution >= 0.6 is 0 Å². The van der Waals surface area contributed by atoms with Crippen molar-refractivity contribution < 1.29 is 33.6 Å². The zero-order chi connectivity index (χ0) is 21.8. The molecule has 1 aliphatic rings. The maximum absolute atomic E-state index is 11.8. The van der Waals surface area contributed by atoms with Crippen molar-refractivity contribution in [2.45, 2.75) is 12.8 Å². The minimum absolute atomic E-state index is 0.00913. The van der Waals surface area contributed by atoms with E-state index in [0.29, 0.717) is 34.6 Å². The molecule has 10 heteroatoms. The topological polar surface area (TPSA) is 122 Å². The minimum Gasteiger partial charge on any atom is -0.505 e. The van der Waals surface area contributed by atoms with Crippen LogP contribution in [0, 0.1) is 0 Å². The summed E-state index contributed by atoms with van der Waals surface area (Å²) in [6.45, 7) is 3.35. The molecule has 2 heterocycles. The summed E-state index contributed by atoms with van der Waals surface area (Å²) in [6, 6.07) is 8.53. The predicted molar refractivity (Wildman–Crippen MR) is 107 cm³/mol. The van der Waals surface area contributed by atoms with Crippen molar-refractivity contribution in [3.63, 3.8) is 0 Å². The monoisotopic (exact) mass is 425 g/mol. The lowest BCUT2D eigenvalue weighted by molar-refractivity contribution is -0.149. The van der Waals surface area contributed by atoms with Crippen LogP contribution in [0.2, 0.25) is 0 Å². The molecule has 0 fully saturated rings. The van der Waals surface area contributed by atoms with E-state index >= 15 is 0 Å². The molecule has 1 aromatic heterocycles. The number of rotatable bonds is 8. The second-order valence-electron chi connectivity index (χ2n) is 6.60. The number of nitrogens with zero attached hydrogens (tertiary/aromatic N) is 3. The van der Waals surface area contributed by atoms with Crippen LogP contribution in [-0.2, 0) is 25.5 Å². The van der Waals surface area contributed by atoms with Gasteiger partial charge in [-0.1, -0.05) is 12.6 Å². The van der Waals surface area contributed by atoms with Crippen LogP contribution in [0.4, 0.5) is 0 Å². The number of carbonyl (C=O) groups excluding carboxylic acids is 2. The van der Waals surface area contributed by atoms with E-state index in [4.69, 9.17) is 18.9 Å². The molecule has 0 spiro atoms. The van der Waals surface area contributed by atoms with Gasteiger partial charge in [-0.15, -0.1) is 15.0 Å². The molecule has 31 heavy (non-hydrogen) atoms. The number of phenols is 1. The smallest absolute Gasteiger partial charge is 0.330 e. The summed E-state index contributed by atoms with van der Waals surface area (Å²) in [5.74, 6) is -0.0277. The normalized spacial score (nSPS) is 12.0. The van der Waals surface area contributed by atoms with Gasteiger partial charge in [0.25, 0.3) is 0 Å². The second kappa shape index (κ2) is 8.74. The Hall–Kier alpha value is -4.08. The molecular weight excluding hydrogens is 406 g/mol. The fourth-order valence-corrected chi connectivity index (χ4v) is 2.98. The standard InChI is InChI=1S/C21H19N3O7/c1-2-20(26)28-7-8-29-21(27)6-4-13-3-5-14-15(9-13)23-24(22-14)16-10-18-19(11-17(16)25)31-12-30-18/h2-3,5,9-11,25H,1,4,6-8,12H2. The number of carbonyl (C=O) groups is 2. The predicted octanol–water partition coefficient (Wildman–Crippen LogP) is 2.06. The summed E-state index contributed by atoms with van der Waals surface area (Å²) in [5, 5.41) is 19.1. The second-order valence-corrected chi connectivity index (χ2v) is 6.60. The zero-order valence-corrected chi connectivity index (χ0v) is 16.4. The number of aryl methyl sites for hydroxylation is 1. The largest absolute Gasteiger partial charge is 0.505 e. The summed E-state index contributed by atoms with van der Waals surface area (Å²) in [7, 11) is 0. The highest BCUT2D eigenvalue weighted by molar-refractivity contribution is 5.81. The molecule has 4 rings (SSSR count). The molecule has 3 aromatic rings. The molecule has 0 saturated heterocycles. The van der Waals surface area contributed by atoms with Crippen molar-refractivity contribution in [2.75, 3.05) is 20.0 Å². The number of ether oxygens (including phenoxy) is 4.